The summed E-state index contributed by atoms with van der Waals surface area (Å²) in [5, 5.41) is 10.4. The fourth-order valence-electron chi connectivity index (χ4n) is 4.04. The lowest BCUT2D eigenvalue weighted by molar-refractivity contribution is -0.146. The lowest BCUT2D eigenvalue weighted by atomic mass is 9.76. The second kappa shape index (κ2) is 5.05. The molecule has 0 aliphatic carbocycles. The van der Waals surface area contributed by atoms with E-state index in [2.05, 4.69) is 18.0 Å². The number of nitrogens with zero attached hydrogens (tertiary/aromatic N) is 1. The van der Waals surface area contributed by atoms with Crippen molar-refractivity contribution in [3.05, 3.63) is 34.3 Å². The van der Waals surface area contributed by atoms with Gasteiger partial charge in [0.15, 0.2) is 0 Å². The highest BCUT2D eigenvalue weighted by atomic mass is 35.5. The van der Waals surface area contributed by atoms with Crippen LogP contribution in [0.25, 0.3) is 0 Å². The first-order valence-corrected chi connectivity index (χ1v) is 7.57. The third kappa shape index (κ3) is 2.13. The Bertz CT molecular complexity index is 545. The van der Waals surface area contributed by atoms with E-state index in [1.165, 1.54) is 0 Å². The maximum atomic E-state index is 11.8. The Kier molecular flexibility index (Phi) is 3.51. The average Bonchev–Trinajstić information content (AvgIpc) is 2.63. The zero-order valence-corrected chi connectivity index (χ0v) is 12.6. The molecule has 20 heavy (non-hydrogen) atoms. The number of aliphatic carboxylic acids is 1. The highest BCUT2D eigenvalue weighted by Crippen LogP contribution is 2.46. The molecule has 3 rings (SSSR count). The number of hydrogen-bond donors (Lipinski definition) is 1. The average molecular weight is 294 g/mol. The number of rotatable bonds is 2. The highest BCUT2D eigenvalue weighted by molar-refractivity contribution is 6.31. The van der Waals surface area contributed by atoms with E-state index in [-0.39, 0.29) is 17.9 Å². The van der Waals surface area contributed by atoms with Crippen molar-refractivity contribution >= 4 is 17.6 Å². The minimum absolute atomic E-state index is 0.108. The van der Waals surface area contributed by atoms with Crippen LogP contribution in [0.4, 0.5) is 0 Å². The monoisotopic (exact) mass is 293 g/mol. The van der Waals surface area contributed by atoms with Gasteiger partial charge in [0.1, 0.15) is 0 Å². The van der Waals surface area contributed by atoms with Crippen LogP contribution in [0.5, 0.6) is 0 Å². The molecule has 0 saturated carbocycles. The molecule has 4 heteroatoms. The number of aryl methyl sites for hydroxylation is 1. The topological polar surface area (TPSA) is 40.5 Å². The van der Waals surface area contributed by atoms with Gasteiger partial charge in [-0.1, -0.05) is 23.7 Å². The third-order valence-electron chi connectivity index (χ3n) is 5.16. The molecule has 4 unspecified atom stereocenters. The van der Waals surface area contributed by atoms with Crippen LogP contribution in [0.15, 0.2) is 18.2 Å². The Balaban J connectivity index is 1.98. The fraction of sp³-hybridized carbons (Fsp3) is 0.562. The van der Waals surface area contributed by atoms with Gasteiger partial charge in [-0.3, -0.25) is 9.69 Å². The first kappa shape index (κ1) is 13.9. The SMILES string of the molecule is Cc1cc(C2CC3CCC(C2C(=O)O)N3C)ccc1Cl. The van der Waals surface area contributed by atoms with E-state index in [0.717, 1.165) is 35.4 Å². The van der Waals surface area contributed by atoms with Crippen LogP contribution in [-0.4, -0.2) is 35.1 Å². The van der Waals surface area contributed by atoms with Crippen LogP contribution in [0.2, 0.25) is 5.02 Å². The second-order valence-electron chi connectivity index (χ2n) is 6.18. The van der Waals surface area contributed by atoms with Gasteiger partial charge >= 0.3 is 5.97 Å². The minimum atomic E-state index is -0.667. The van der Waals surface area contributed by atoms with E-state index in [1.54, 1.807) is 0 Å². The zero-order chi connectivity index (χ0) is 14.4. The number of carboxylic acid groups (broad SMARTS) is 1. The van der Waals surface area contributed by atoms with Gasteiger partial charge in [-0.15, -0.1) is 0 Å². The Hall–Kier alpha value is -1.06. The van der Waals surface area contributed by atoms with Gasteiger partial charge in [0.25, 0.3) is 0 Å². The number of carboxylic acids is 1. The Morgan fingerprint density at radius 2 is 2.15 bits per heavy atom. The van der Waals surface area contributed by atoms with Crippen LogP contribution in [0, 0.1) is 12.8 Å². The standard InChI is InChI=1S/C16H20ClNO2/c1-9-7-10(3-5-13(9)17)12-8-11-4-6-14(18(11)2)15(12)16(19)20/h3,5,7,11-12,14-15H,4,6,8H2,1-2H3,(H,19,20). The van der Waals surface area contributed by atoms with Crippen molar-refractivity contribution in [2.45, 2.75) is 44.2 Å². The summed E-state index contributed by atoms with van der Waals surface area (Å²) in [6.45, 7) is 1.98. The molecule has 0 aromatic heterocycles. The zero-order valence-electron chi connectivity index (χ0n) is 11.8. The van der Waals surface area contributed by atoms with E-state index in [1.807, 2.05) is 19.1 Å². The predicted octanol–water partition coefficient (Wildman–Crippen LogP) is 3.30. The summed E-state index contributed by atoms with van der Waals surface area (Å²) >= 11 is 6.09. The Morgan fingerprint density at radius 3 is 2.80 bits per heavy atom. The maximum Gasteiger partial charge on any atom is 0.308 e. The fourth-order valence-corrected chi connectivity index (χ4v) is 4.16. The number of halogens is 1. The van der Waals surface area contributed by atoms with Gasteiger partial charge in [0.05, 0.1) is 5.92 Å². The molecular formula is C16H20ClNO2. The van der Waals surface area contributed by atoms with Crippen LogP contribution in [0.1, 0.15) is 36.3 Å². The summed E-state index contributed by atoms with van der Waals surface area (Å²) in [7, 11) is 2.07. The van der Waals surface area contributed by atoms with Crippen LogP contribution in [-0.2, 0) is 4.79 Å². The minimum Gasteiger partial charge on any atom is -0.481 e. The van der Waals surface area contributed by atoms with E-state index in [9.17, 15) is 9.90 Å². The normalized spacial score (nSPS) is 33.4. The molecule has 1 N–H and O–H groups in total. The van der Waals surface area contributed by atoms with Crippen molar-refractivity contribution in [1.29, 1.82) is 0 Å². The van der Waals surface area contributed by atoms with Gasteiger partial charge in [-0.2, -0.15) is 0 Å². The number of piperidine rings is 1. The molecular weight excluding hydrogens is 274 g/mol. The van der Waals surface area contributed by atoms with Gasteiger partial charge in [0.2, 0.25) is 0 Å². The third-order valence-corrected chi connectivity index (χ3v) is 5.59. The van der Waals surface area contributed by atoms with Gasteiger partial charge in [-0.05, 0) is 50.4 Å². The molecule has 4 atom stereocenters. The molecule has 0 amide bonds. The largest absolute Gasteiger partial charge is 0.481 e. The molecule has 2 fully saturated rings. The lowest BCUT2D eigenvalue weighted by Gasteiger charge is -2.41. The van der Waals surface area contributed by atoms with E-state index in [0.29, 0.717) is 6.04 Å². The summed E-state index contributed by atoms with van der Waals surface area (Å²) in [5.74, 6) is -0.865. The van der Waals surface area contributed by atoms with Crippen molar-refractivity contribution < 1.29 is 9.90 Å². The van der Waals surface area contributed by atoms with Crippen molar-refractivity contribution in [2.75, 3.05) is 7.05 Å². The van der Waals surface area contributed by atoms with Crippen molar-refractivity contribution in [2.24, 2.45) is 5.92 Å². The molecule has 108 valence electrons. The van der Waals surface area contributed by atoms with Gasteiger partial charge in [0, 0.05) is 23.0 Å². The molecule has 2 heterocycles. The predicted molar refractivity (Wildman–Crippen MR) is 79.2 cm³/mol. The molecule has 2 aliphatic heterocycles. The molecule has 2 aliphatic rings. The molecule has 1 aromatic carbocycles. The van der Waals surface area contributed by atoms with Crippen LogP contribution in [0.3, 0.4) is 0 Å². The van der Waals surface area contributed by atoms with Gasteiger partial charge in [-0.25, -0.2) is 0 Å². The van der Waals surface area contributed by atoms with Gasteiger partial charge < -0.3 is 5.11 Å². The van der Waals surface area contributed by atoms with E-state index < -0.39 is 5.97 Å². The number of fused-ring (bicyclic) bond motifs is 2. The van der Waals surface area contributed by atoms with Crippen LogP contribution >= 0.6 is 11.6 Å². The number of hydrogen-bond acceptors (Lipinski definition) is 2. The molecule has 3 nitrogen and oxygen atoms in total. The van der Waals surface area contributed by atoms with E-state index in [4.69, 9.17) is 11.6 Å². The number of carbonyl (C=O) groups is 1. The van der Waals surface area contributed by atoms with Crippen molar-refractivity contribution in [3.8, 4) is 0 Å². The summed E-state index contributed by atoms with van der Waals surface area (Å²) in [4.78, 5) is 14.0. The molecule has 0 spiro atoms. The first-order valence-electron chi connectivity index (χ1n) is 7.20. The molecule has 2 saturated heterocycles. The summed E-state index contributed by atoms with van der Waals surface area (Å²) < 4.78 is 0. The summed E-state index contributed by atoms with van der Waals surface area (Å²) in [6, 6.07) is 6.66. The van der Waals surface area contributed by atoms with Crippen molar-refractivity contribution in [1.82, 2.24) is 4.90 Å². The Morgan fingerprint density at radius 1 is 1.40 bits per heavy atom. The summed E-state index contributed by atoms with van der Waals surface area (Å²) in [5.41, 5.74) is 2.16. The second-order valence-corrected chi connectivity index (χ2v) is 6.59. The molecule has 2 bridgehead atoms. The maximum absolute atomic E-state index is 11.8. The molecule has 0 radical (unpaired) electrons. The quantitative estimate of drug-likeness (QED) is 0.909. The van der Waals surface area contributed by atoms with E-state index >= 15 is 0 Å². The summed E-state index contributed by atoms with van der Waals surface area (Å²) in [6.07, 6.45) is 3.06. The van der Waals surface area contributed by atoms with Crippen LogP contribution < -0.4 is 0 Å². The lowest BCUT2D eigenvalue weighted by Crippen LogP contribution is -2.48. The first-order chi connectivity index (χ1) is 9.49. The molecule has 1 aromatic rings. The highest BCUT2D eigenvalue weighted by Gasteiger charge is 2.49. The smallest absolute Gasteiger partial charge is 0.308 e. The number of benzene rings is 1. The van der Waals surface area contributed by atoms with Crippen molar-refractivity contribution in [3.63, 3.8) is 0 Å². The Labute approximate surface area is 124 Å².